The molecule has 0 bridgehead atoms. The molecule has 0 unspecified atom stereocenters. The molecule has 0 aliphatic carbocycles. The smallest absolute Gasteiger partial charge is 0.265 e. The number of rotatable bonds is 3. The van der Waals surface area contributed by atoms with Crippen molar-refractivity contribution in [2.24, 2.45) is 0 Å². The van der Waals surface area contributed by atoms with Gasteiger partial charge in [-0.25, -0.2) is 0 Å². The van der Waals surface area contributed by atoms with Crippen molar-refractivity contribution in [1.82, 2.24) is 4.57 Å². The molecule has 124 valence electrons. The van der Waals surface area contributed by atoms with E-state index < -0.39 is 0 Å². The maximum atomic E-state index is 12.6. The summed E-state index contributed by atoms with van der Waals surface area (Å²) in [6.07, 6.45) is 2.04. The van der Waals surface area contributed by atoms with E-state index >= 15 is 0 Å². The molecule has 2 heterocycles. The van der Waals surface area contributed by atoms with Crippen LogP contribution in [0.15, 0.2) is 66.9 Å². The lowest BCUT2D eigenvalue weighted by Gasteiger charge is -2.09. The van der Waals surface area contributed by atoms with Gasteiger partial charge in [-0.15, -0.1) is 11.3 Å². The molecule has 0 atom stereocenters. The number of benzene rings is 2. The zero-order valence-electron chi connectivity index (χ0n) is 14.1. The highest BCUT2D eigenvalue weighted by molar-refractivity contribution is 7.16. The van der Waals surface area contributed by atoms with E-state index in [1.54, 1.807) is 0 Å². The minimum absolute atomic E-state index is 0.0681. The standard InChI is InChI=1S/C21H18N2OS/c1-14-6-5-8-17(15(14)2)22-21(24)19-10-11-20(25-19)23-13-12-16-7-3-4-9-18(16)23/h3-13H,1-2H3,(H,22,24). The molecule has 0 aliphatic rings. The van der Waals surface area contributed by atoms with Gasteiger partial charge in [0.05, 0.1) is 10.4 Å². The van der Waals surface area contributed by atoms with E-state index in [-0.39, 0.29) is 5.91 Å². The highest BCUT2D eigenvalue weighted by Gasteiger charge is 2.13. The fraction of sp³-hybridized carbons (Fsp3) is 0.0952. The second kappa shape index (κ2) is 6.22. The van der Waals surface area contributed by atoms with E-state index in [1.165, 1.54) is 22.3 Å². The summed E-state index contributed by atoms with van der Waals surface area (Å²) in [5, 5.41) is 5.25. The third-order valence-corrected chi connectivity index (χ3v) is 5.59. The van der Waals surface area contributed by atoms with Crippen molar-refractivity contribution in [2.75, 3.05) is 5.32 Å². The highest BCUT2D eigenvalue weighted by Crippen LogP contribution is 2.27. The van der Waals surface area contributed by atoms with Gasteiger partial charge in [-0.1, -0.05) is 30.3 Å². The van der Waals surface area contributed by atoms with Crippen LogP contribution in [0, 0.1) is 13.8 Å². The molecule has 0 spiro atoms. The van der Waals surface area contributed by atoms with E-state index in [0.29, 0.717) is 4.88 Å². The van der Waals surface area contributed by atoms with Gasteiger partial charge in [-0.05, 0) is 60.7 Å². The third kappa shape index (κ3) is 2.85. The lowest BCUT2D eigenvalue weighted by atomic mass is 10.1. The van der Waals surface area contributed by atoms with E-state index in [1.807, 2.05) is 62.5 Å². The third-order valence-electron chi connectivity index (χ3n) is 4.51. The zero-order valence-corrected chi connectivity index (χ0v) is 14.9. The molecule has 0 radical (unpaired) electrons. The molecule has 2 aromatic heterocycles. The first-order valence-electron chi connectivity index (χ1n) is 8.17. The number of fused-ring (bicyclic) bond motifs is 1. The zero-order chi connectivity index (χ0) is 17.4. The Morgan fingerprint density at radius 2 is 1.80 bits per heavy atom. The number of nitrogens with one attached hydrogen (secondary N) is 1. The number of carbonyl (C=O) groups excluding carboxylic acids is 1. The van der Waals surface area contributed by atoms with Crippen molar-refractivity contribution in [3.63, 3.8) is 0 Å². The number of anilines is 1. The van der Waals surface area contributed by atoms with Gasteiger partial charge in [0.15, 0.2) is 0 Å². The number of aromatic nitrogens is 1. The Balaban J connectivity index is 1.63. The van der Waals surface area contributed by atoms with Crippen LogP contribution in [0.4, 0.5) is 5.69 Å². The predicted molar refractivity (Wildman–Crippen MR) is 105 cm³/mol. The van der Waals surface area contributed by atoms with Crippen LogP contribution < -0.4 is 5.32 Å². The molecule has 0 saturated carbocycles. The molecule has 4 heteroatoms. The van der Waals surface area contributed by atoms with Crippen LogP contribution in [-0.4, -0.2) is 10.5 Å². The van der Waals surface area contributed by atoms with E-state index in [2.05, 4.69) is 28.1 Å². The summed E-state index contributed by atoms with van der Waals surface area (Å²) in [5.41, 5.74) is 4.28. The quantitative estimate of drug-likeness (QED) is 0.517. The summed E-state index contributed by atoms with van der Waals surface area (Å²) >= 11 is 1.49. The number of amides is 1. The summed E-state index contributed by atoms with van der Waals surface area (Å²) in [5.74, 6) is -0.0681. The summed E-state index contributed by atoms with van der Waals surface area (Å²) in [4.78, 5) is 13.3. The molecule has 4 aromatic rings. The van der Waals surface area contributed by atoms with Crippen LogP contribution in [0.5, 0.6) is 0 Å². The second-order valence-corrected chi connectivity index (χ2v) is 7.15. The molecule has 3 nitrogen and oxygen atoms in total. The van der Waals surface area contributed by atoms with Crippen LogP contribution in [0.2, 0.25) is 0 Å². The Bertz CT molecular complexity index is 1070. The Hall–Kier alpha value is -2.85. The SMILES string of the molecule is Cc1cccc(NC(=O)c2ccc(-n3ccc4ccccc43)s2)c1C. The maximum Gasteiger partial charge on any atom is 0.265 e. The molecule has 25 heavy (non-hydrogen) atoms. The van der Waals surface area contributed by atoms with Crippen molar-refractivity contribution < 1.29 is 4.79 Å². The van der Waals surface area contributed by atoms with E-state index in [0.717, 1.165) is 21.8 Å². The number of hydrogen-bond donors (Lipinski definition) is 1. The van der Waals surface area contributed by atoms with Crippen LogP contribution in [-0.2, 0) is 0 Å². The average Bonchev–Trinajstić information content (AvgIpc) is 3.25. The van der Waals surface area contributed by atoms with Crippen LogP contribution in [0.25, 0.3) is 15.9 Å². The molecular formula is C21H18N2OS. The fourth-order valence-electron chi connectivity index (χ4n) is 2.92. The Kier molecular flexibility index (Phi) is 3.90. The first-order valence-corrected chi connectivity index (χ1v) is 8.99. The van der Waals surface area contributed by atoms with E-state index in [4.69, 9.17) is 0 Å². The summed E-state index contributed by atoms with van der Waals surface area (Å²) in [7, 11) is 0. The largest absolute Gasteiger partial charge is 0.321 e. The molecule has 2 aromatic carbocycles. The molecule has 0 aliphatic heterocycles. The lowest BCUT2D eigenvalue weighted by molar-refractivity contribution is 0.103. The van der Waals surface area contributed by atoms with Gasteiger partial charge in [0.1, 0.15) is 5.00 Å². The minimum atomic E-state index is -0.0681. The van der Waals surface area contributed by atoms with Crippen LogP contribution >= 0.6 is 11.3 Å². The molecule has 1 amide bonds. The number of aryl methyl sites for hydroxylation is 1. The van der Waals surface area contributed by atoms with Gasteiger partial charge in [-0.2, -0.15) is 0 Å². The Labute approximate surface area is 150 Å². The van der Waals surface area contributed by atoms with E-state index in [9.17, 15) is 4.79 Å². The first-order chi connectivity index (χ1) is 12.1. The van der Waals surface area contributed by atoms with Crippen molar-refractivity contribution in [3.05, 3.63) is 82.9 Å². The van der Waals surface area contributed by atoms with Crippen molar-refractivity contribution in [1.29, 1.82) is 0 Å². The van der Waals surface area contributed by atoms with Gasteiger partial charge >= 0.3 is 0 Å². The van der Waals surface area contributed by atoms with Gasteiger partial charge < -0.3 is 9.88 Å². The van der Waals surface area contributed by atoms with Crippen LogP contribution in [0.1, 0.15) is 20.8 Å². The van der Waals surface area contributed by atoms with Crippen molar-refractivity contribution >= 4 is 33.8 Å². The average molecular weight is 346 g/mol. The normalized spacial score (nSPS) is 11.0. The molecule has 1 N–H and O–H groups in total. The summed E-state index contributed by atoms with van der Waals surface area (Å²) < 4.78 is 2.12. The van der Waals surface area contributed by atoms with Gasteiger partial charge in [0.2, 0.25) is 0 Å². The Morgan fingerprint density at radius 3 is 2.68 bits per heavy atom. The summed E-state index contributed by atoms with van der Waals surface area (Å²) in [6, 6.07) is 20.2. The second-order valence-electron chi connectivity index (χ2n) is 6.08. The van der Waals surface area contributed by atoms with Gasteiger partial charge in [-0.3, -0.25) is 4.79 Å². The monoisotopic (exact) mass is 346 g/mol. The minimum Gasteiger partial charge on any atom is -0.321 e. The number of thiophene rings is 1. The molecule has 0 fully saturated rings. The Morgan fingerprint density at radius 1 is 0.960 bits per heavy atom. The lowest BCUT2D eigenvalue weighted by Crippen LogP contribution is -2.11. The van der Waals surface area contributed by atoms with Crippen molar-refractivity contribution in [2.45, 2.75) is 13.8 Å². The molecule has 0 saturated heterocycles. The predicted octanol–water partition coefficient (Wildman–Crippen LogP) is 5.56. The van der Waals surface area contributed by atoms with Crippen LogP contribution in [0.3, 0.4) is 0 Å². The maximum absolute atomic E-state index is 12.6. The topological polar surface area (TPSA) is 34.0 Å². The van der Waals surface area contributed by atoms with Gasteiger partial charge in [0, 0.05) is 11.9 Å². The molecular weight excluding hydrogens is 328 g/mol. The number of hydrogen-bond acceptors (Lipinski definition) is 2. The number of nitrogens with zero attached hydrogens (tertiary/aromatic N) is 1. The highest BCUT2D eigenvalue weighted by atomic mass is 32.1. The van der Waals surface area contributed by atoms with Gasteiger partial charge in [0.25, 0.3) is 5.91 Å². The van der Waals surface area contributed by atoms with Crippen molar-refractivity contribution in [3.8, 4) is 5.00 Å². The summed E-state index contributed by atoms with van der Waals surface area (Å²) in [6.45, 7) is 4.07. The fourth-order valence-corrected chi connectivity index (χ4v) is 3.82. The first kappa shape index (κ1) is 15.7. The number of carbonyl (C=O) groups is 1. The number of para-hydroxylation sites is 1. The molecule has 4 rings (SSSR count).